The number of nitrogens with zero attached hydrogens (tertiary/aromatic N) is 6. The number of carboxylic acid groups (broad SMARTS) is 1. The summed E-state index contributed by atoms with van der Waals surface area (Å²) in [5.74, 6) is 0.00530. The Kier molecular flexibility index (Phi) is 13.1. The summed E-state index contributed by atoms with van der Waals surface area (Å²) in [7, 11) is 2.13. The first-order valence-corrected chi connectivity index (χ1v) is 21.4. The molecule has 1 N–H and O–H groups in total. The molecular formula is C45H44ClF3N6O6S. The molecule has 6 aromatic rings. The summed E-state index contributed by atoms with van der Waals surface area (Å²) >= 11 is 8.23. The van der Waals surface area contributed by atoms with Gasteiger partial charge in [0.05, 0.1) is 26.5 Å². The number of benzene rings is 3. The third kappa shape index (κ3) is 10.0. The predicted molar refractivity (Wildman–Crippen MR) is 229 cm³/mol. The number of carboxylic acids is 1. The monoisotopic (exact) mass is 888 g/mol. The minimum Gasteiger partial charge on any atom is -0.491 e. The minimum absolute atomic E-state index is 0.0388. The number of fused-ring (bicyclic) bond motifs is 1. The number of likely N-dealkylation sites (N-methyl/N-ethyl adjacent to an activating group) is 1. The van der Waals surface area contributed by atoms with Gasteiger partial charge in [-0.25, -0.2) is 14.8 Å². The molecule has 12 nitrogen and oxygen atoms in total. The number of ether oxygens (including phenoxy) is 4. The third-order valence-electron chi connectivity index (χ3n) is 11.2. The Labute approximate surface area is 365 Å². The van der Waals surface area contributed by atoms with Gasteiger partial charge in [-0.1, -0.05) is 54.4 Å². The lowest BCUT2D eigenvalue weighted by Crippen LogP contribution is -2.45. The van der Waals surface area contributed by atoms with E-state index in [1.54, 1.807) is 42.6 Å². The molecule has 1 atom stereocenters. The summed E-state index contributed by atoms with van der Waals surface area (Å²) in [5, 5.41) is 11.7. The number of hydrogen-bond donors (Lipinski definition) is 1. The second-order valence-electron chi connectivity index (χ2n) is 15.4. The van der Waals surface area contributed by atoms with Crippen LogP contribution < -0.4 is 18.9 Å². The van der Waals surface area contributed by atoms with Crippen molar-refractivity contribution in [3.05, 3.63) is 107 Å². The molecule has 0 unspecified atom stereocenters. The lowest BCUT2D eigenvalue weighted by molar-refractivity contribution is -0.274. The van der Waals surface area contributed by atoms with Crippen molar-refractivity contribution in [2.75, 3.05) is 46.4 Å². The number of aliphatic carboxylic acids is 1. The quantitative estimate of drug-likeness (QED) is 0.0994. The molecule has 1 aliphatic heterocycles. The molecule has 0 spiro atoms. The van der Waals surface area contributed by atoms with Crippen molar-refractivity contribution in [3.8, 4) is 45.6 Å². The maximum absolute atomic E-state index is 12.9. The lowest BCUT2D eigenvalue weighted by atomic mass is 9.79. The number of aromatic nitrogens is 4. The highest BCUT2D eigenvalue weighted by atomic mass is 35.5. The molecule has 324 valence electrons. The van der Waals surface area contributed by atoms with Crippen LogP contribution in [0.15, 0.2) is 79.1 Å². The number of piperazine rings is 1. The highest BCUT2D eigenvalue weighted by Gasteiger charge is 2.32. The molecule has 2 fully saturated rings. The zero-order valence-electron chi connectivity index (χ0n) is 34.0. The second-order valence-corrected chi connectivity index (χ2v) is 16.6. The predicted octanol–water partition coefficient (Wildman–Crippen LogP) is 9.22. The Morgan fingerprint density at radius 1 is 1.00 bits per heavy atom. The van der Waals surface area contributed by atoms with Crippen LogP contribution in [-0.4, -0.2) is 99.0 Å². The molecule has 1 saturated carbocycles. The van der Waals surface area contributed by atoms with E-state index in [0.717, 1.165) is 79.1 Å². The lowest BCUT2D eigenvalue weighted by Gasteiger charge is -2.32. The van der Waals surface area contributed by atoms with Crippen molar-refractivity contribution in [3.63, 3.8) is 0 Å². The summed E-state index contributed by atoms with van der Waals surface area (Å²) in [6, 6.07) is 17.9. The molecule has 4 heterocycles. The Balaban J connectivity index is 1.02. The fraction of sp³-hybridized carbons (Fsp3) is 0.356. The van der Waals surface area contributed by atoms with E-state index in [-0.39, 0.29) is 30.7 Å². The molecule has 62 heavy (non-hydrogen) atoms. The number of para-hydroxylation sites is 1. The number of halogens is 4. The zero-order valence-corrected chi connectivity index (χ0v) is 35.6. The van der Waals surface area contributed by atoms with Gasteiger partial charge in [0.1, 0.15) is 30.5 Å². The van der Waals surface area contributed by atoms with Gasteiger partial charge in [-0.05, 0) is 85.4 Å². The topological polar surface area (TPSA) is 132 Å². The summed E-state index contributed by atoms with van der Waals surface area (Å²) in [4.78, 5) is 31.3. The highest BCUT2D eigenvalue weighted by Crippen LogP contribution is 2.48. The fourth-order valence-electron chi connectivity index (χ4n) is 7.60. The van der Waals surface area contributed by atoms with Crippen LogP contribution in [0, 0.1) is 6.92 Å². The van der Waals surface area contributed by atoms with Crippen molar-refractivity contribution in [2.24, 2.45) is 0 Å². The number of rotatable bonds is 16. The van der Waals surface area contributed by atoms with Crippen molar-refractivity contribution in [2.45, 2.75) is 57.6 Å². The van der Waals surface area contributed by atoms with E-state index in [2.05, 4.69) is 35.9 Å². The molecule has 1 saturated heterocycles. The first kappa shape index (κ1) is 43.1. The largest absolute Gasteiger partial charge is 0.573 e. The first-order chi connectivity index (χ1) is 29.9. The smallest absolute Gasteiger partial charge is 0.491 e. The van der Waals surface area contributed by atoms with Gasteiger partial charge in [0.25, 0.3) is 0 Å². The van der Waals surface area contributed by atoms with E-state index in [0.29, 0.717) is 45.3 Å². The van der Waals surface area contributed by atoms with Gasteiger partial charge < -0.3 is 29.0 Å². The van der Waals surface area contributed by atoms with Crippen LogP contribution in [0.1, 0.15) is 47.7 Å². The molecular weight excluding hydrogens is 845 g/mol. The van der Waals surface area contributed by atoms with Crippen molar-refractivity contribution >= 4 is 39.2 Å². The molecule has 2 aliphatic rings. The van der Waals surface area contributed by atoms with Crippen LogP contribution in [0.5, 0.6) is 23.1 Å². The van der Waals surface area contributed by atoms with E-state index in [9.17, 15) is 23.1 Å². The van der Waals surface area contributed by atoms with Crippen molar-refractivity contribution in [1.82, 2.24) is 29.1 Å². The van der Waals surface area contributed by atoms with E-state index in [1.165, 1.54) is 35.9 Å². The number of pyridine rings is 1. The van der Waals surface area contributed by atoms with E-state index < -0.39 is 24.2 Å². The van der Waals surface area contributed by atoms with Gasteiger partial charge >= 0.3 is 12.3 Å². The number of alkyl halides is 3. The van der Waals surface area contributed by atoms with E-state index >= 15 is 0 Å². The zero-order chi connectivity index (χ0) is 43.4. The first-order valence-electron chi connectivity index (χ1n) is 20.3. The third-order valence-corrected chi connectivity index (χ3v) is 12.4. The SMILES string of the molecule is Cc1c(-c2c(C3CCC3)ncc3snc(O[C@H](Cc4ccccc4OCc4ccnc(-c5cccc(OC(F)(F)F)c5)n4)C(=O)O)c23)ccc(OCCN2CCN(C)CC2)c1Cl. The van der Waals surface area contributed by atoms with Gasteiger partial charge in [0, 0.05) is 68.6 Å². The van der Waals surface area contributed by atoms with Crippen LogP contribution in [-0.2, 0) is 17.8 Å². The summed E-state index contributed by atoms with van der Waals surface area (Å²) in [5.41, 5.74) is 4.72. The van der Waals surface area contributed by atoms with Crippen LogP contribution in [0.3, 0.4) is 0 Å². The fourth-order valence-corrected chi connectivity index (χ4v) is 8.51. The Morgan fingerprint density at radius 2 is 1.81 bits per heavy atom. The average molecular weight is 889 g/mol. The highest BCUT2D eigenvalue weighted by molar-refractivity contribution is 7.13. The second kappa shape index (κ2) is 18.8. The molecule has 3 aromatic carbocycles. The summed E-state index contributed by atoms with van der Waals surface area (Å²) in [6.07, 6.45) is 0.0530. The molecule has 17 heteroatoms. The van der Waals surface area contributed by atoms with E-state index in [4.69, 9.17) is 30.8 Å². The summed E-state index contributed by atoms with van der Waals surface area (Å²) < 4.78 is 66.7. The molecule has 0 amide bonds. The van der Waals surface area contributed by atoms with Gasteiger partial charge in [0.2, 0.25) is 12.0 Å². The van der Waals surface area contributed by atoms with Crippen LogP contribution in [0.25, 0.3) is 32.6 Å². The standard InChI is InChI=1S/C45H44ClF3N6O6S/c1-27-33(13-14-35(40(27)46)58-22-21-55-19-17-54(2)18-20-55)38-39-37(25-51-41(38)28-8-5-9-28)62-53-43(39)60-36(44(56)57)24-29-7-3-4-12-34(29)59-26-31-15-16-50-42(52-31)30-10-6-11-32(23-30)61-45(47,48)49/h3-4,6-7,10-16,23,25,28,36H,5,8-9,17-22,24,26H2,1-2H3,(H,56,57)/t36-/m1/s1. The van der Waals surface area contributed by atoms with Crippen LogP contribution >= 0.6 is 23.1 Å². The normalized spacial score (nSPS) is 15.6. The molecule has 0 radical (unpaired) electrons. The molecule has 3 aromatic heterocycles. The van der Waals surface area contributed by atoms with Gasteiger partial charge in [0.15, 0.2) is 5.82 Å². The van der Waals surface area contributed by atoms with Gasteiger partial charge in [-0.3, -0.25) is 9.88 Å². The van der Waals surface area contributed by atoms with E-state index in [1.807, 2.05) is 19.1 Å². The van der Waals surface area contributed by atoms with Crippen molar-refractivity contribution in [1.29, 1.82) is 0 Å². The van der Waals surface area contributed by atoms with Crippen molar-refractivity contribution < 1.29 is 42.0 Å². The number of hydrogen-bond acceptors (Lipinski definition) is 12. The maximum Gasteiger partial charge on any atom is 0.573 e. The van der Waals surface area contributed by atoms with Gasteiger partial charge in [-0.2, -0.15) is 4.37 Å². The summed E-state index contributed by atoms with van der Waals surface area (Å²) in [6.45, 7) is 7.27. The number of carbonyl (C=O) groups is 1. The Morgan fingerprint density at radius 3 is 2.56 bits per heavy atom. The average Bonchev–Trinajstić information content (AvgIpc) is 3.64. The van der Waals surface area contributed by atoms with Crippen LogP contribution in [0.2, 0.25) is 5.02 Å². The van der Waals surface area contributed by atoms with Crippen LogP contribution in [0.4, 0.5) is 13.2 Å². The minimum atomic E-state index is -4.85. The Bertz CT molecular complexity index is 2550. The van der Waals surface area contributed by atoms with Gasteiger partial charge in [-0.15, -0.1) is 13.2 Å². The maximum atomic E-state index is 12.9. The molecule has 8 rings (SSSR count). The molecule has 1 aliphatic carbocycles. The molecule has 0 bridgehead atoms. The Hall–Kier alpha value is -5.55.